The van der Waals surface area contributed by atoms with Gasteiger partial charge in [0.05, 0.1) is 6.61 Å². The summed E-state index contributed by atoms with van der Waals surface area (Å²) in [7, 11) is 0. The number of carbonyl (C=O) groups excluding carboxylic acids is 2. The first-order valence-electron chi connectivity index (χ1n) is 29.9. The molecule has 5 heteroatoms. The molecule has 1 unspecified atom stereocenters. The van der Waals surface area contributed by atoms with Crippen LogP contribution in [0.3, 0.4) is 0 Å². The smallest absolute Gasteiger partial charge is 0.306 e. The van der Waals surface area contributed by atoms with E-state index >= 15 is 0 Å². The van der Waals surface area contributed by atoms with E-state index in [1.165, 1.54) is 244 Å². The number of hydrogen-bond acceptors (Lipinski definition) is 5. The summed E-state index contributed by atoms with van der Waals surface area (Å²) in [5.74, 6) is -0.386. The molecule has 390 valence electrons. The minimum Gasteiger partial charge on any atom is -0.462 e. The molecule has 0 aromatic rings. The Hall–Kier alpha value is -1.62. The fourth-order valence-corrected chi connectivity index (χ4v) is 8.97. The summed E-state index contributed by atoms with van der Waals surface area (Å²) in [4.78, 5) is 25.5. The molecule has 0 bridgehead atoms. The first-order chi connectivity index (χ1) is 32.6. The van der Waals surface area contributed by atoms with Gasteiger partial charge >= 0.3 is 11.9 Å². The highest BCUT2D eigenvalue weighted by Crippen LogP contribution is 2.17. The van der Waals surface area contributed by atoms with Gasteiger partial charge in [-0.2, -0.15) is 0 Å². The third-order valence-electron chi connectivity index (χ3n) is 13.5. The van der Waals surface area contributed by atoms with Gasteiger partial charge in [-0.1, -0.05) is 270 Å². The third-order valence-corrected chi connectivity index (χ3v) is 13.5. The summed E-state index contributed by atoms with van der Waals surface area (Å²) in [6, 6.07) is 0. The first-order valence-corrected chi connectivity index (χ1v) is 29.9. The number of esters is 2. The quantitative estimate of drug-likeness (QED) is 0.0345. The zero-order valence-corrected chi connectivity index (χ0v) is 45.0. The van der Waals surface area contributed by atoms with Crippen LogP contribution in [0.5, 0.6) is 0 Å². The van der Waals surface area contributed by atoms with Gasteiger partial charge in [0, 0.05) is 19.4 Å². The van der Waals surface area contributed by atoms with Gasteiger partial charge in [-0.15, -0.1) is 0 Å². The van der Waals surface area contributed by atoms with Crippen molar-refractivity contribution in [3.63, 3.8) is 0 Å². The van der Waals surface area contributed by atoms with Crippen LogP contribution in [0, 0.1) is 0 Å². The standard InChI is InChI=1S/C61H116O5/c1-4-7-10-13-16-19-22-25-27-29-31-32-34-37-39-42-45-48-51-54-60(62)65-58-59(66-61(63)55-52-49-46-43-40-36-24-21-18-15-12-9-6-3)57-64-56-53-50-47-44-41-38-35-33-30-28-26-23-20-17-14-11-8-5-2/h21,24,26,28,59H,4-20,22-23,25,27,29-58H2,1-3H3/b24-21-,28-26-. The molecule has 0 fully saturated rings. The summed E-state index contributed by atoms with van der Waals surface area (Å²) in [5, 5.41) is 0. The topological polar surface area (TPSA) is 61.8 Å². The minimum atomic E-state index is -0.536. The second-order valence-electron chi connectivity index (χ2n) is 20.3. The van der Waals surface area contributed by atoms with Crippen LogP contribution in [0.1, 0.15) is 329 Å². The Morgan fingerprint density at radius 2 is 0.591 bits per heavy atom. The maximum absolute atomic E-state index is 12.8. The molecule has 66 heavy (non-hydrogen) atoms. The summed E-state index contributed by atoms with van der Waals surface area (Å²) in [5.41, 5.74) is 0. The number of rotatable bonds is 56. The average Bonchev–Trinajstić information content (AvgIpc) is 3.32. The van der Waals surface area contributed by atoms with Gasteiger partial charge < -0.3 is 14.2 Å². The maximum atomic E-state index is 12.8. The fraction of sp³-hybridized carbons (Fsp3) is 0.902. The lowest BCUT2D eigenvalue weighted by molar-refractivity contribution is -0.163. The van der Waals surface area contributed by atoms with E-state index in [-0.39, 0.29) is 25.2 Å². The van der Waals surface area contributed by atoms with Gasteiger partial charge in [0.15, 0.2) is 6.10 Å². The van der Waals surface area contributed by atoms with E-state index in [0.717, 1.165) is 51.4 Å². The van der Waals surface area contributed by atoms with Crippen LogP contribution in [0.25, 0.3) is 0 Å². The molecule has 0 aliphatic rings. The van der Waals surface area contributed by atoms with E-state index in [2.05, 4.69) is 45.1 Å². The van der Waals surface area contributed by atoms with Crippen molar-refractivity contribution in [1.29, 1.82) is 0 Å². The van der Waals surface area contributed by atoms with Crippen molar-refractivity contribution < 1.29 is 23.8 Å². The van der Waals surface area contributed by atoms with Crippen LogP contribution >= 0.6 is 0 Å². The highest BCUT2D eigenvalue weighted by atomic mass is 16.6. The molecule has 5 nitrogen and oxygen atoms in total. The summed E-state index contributed by atoms with van der Waals surface area (Å²) in [6.07, 6.45) is 69.2. The van der Waals surface area contributed by atoms with E-state index in [1.807, 2.05) is 0 Å². The summed E-state index contributed by atoms with van der Waals surface area (Å²) >= 11 is 0. The molecule has 0 aromatic heterocycles. The van der Waals surface area contributed by atoms with Crippen LogP contribution in [-0.2, 0) is 23.8 Å². The van der Waals surface area contributed by atoms with Crippen molar-refractivity contribution in [3.05, 3.63) is 24.3 Å². The first kappa shape index (κ1) is 64.4. The molecule has 0 aromatic carbocycles. The SMILES string of the molecule is CCCCCC/C=C\CCCCCCCC(=O)OC(COCCCCCCCCCC/C=C\CCCCCCCC)COC(=O)CCCCCCCCCCCCCCCCCCCCC. The molecule has 0 radical (unpaired) electrons. The molecule has 0 saturated carbocycles. The van der Waals surface area contributed by atoms with Gasteiger partial charge in [-0.25, -0.2) is 0 Å². The molecule has 0 heterocycles. The lowest BCUT2D eigenvalue weighted by Crippen LogP contribution is -2.30. The lowest BCUT2D eigenvalue weighted by atomic mass is 10.0. The van der Waals surface area contributed by atoms with Crippen LogP contribution in [-0.4, -0.2) is 37.9 Å². The van der Waals surface area contributed by atoms with Gasteiger partial charge in [-0.3, -0.25) is 9.59 Å². The number of unbranched alkanes of at least 4 members (excludes halogenated alkanes) is 41. The Morgan fingerprint density at radius 3 is 0.939 bits per heavy atom. The Kier molecular flexibility index (Phi) is 56.3. The normalized spacial score (nSPS) is 12.2. The van der Waals surface area contributed by atoms with Crippen LogP contribution < -0.4 is 0 Å². The van der Waals surface area contributed by atoms with Crippen LogP contribution in [0.15, 0.2) is 24.3 Å². The van der Waals surface area contributed by atoms with Crippen molar-refractivity contribution in [2.45, 2.75) is 335 Å². The molecule has 0 aliphatic carbocycles. The van der Waals surface area contributed by atoms with Crippen molar-refractivity contribution >= 4 is 11.9 Å². The molecule has 0 rings (SSSR count). The van der Waals surface area contributed by atoms with E-state index in [1.54, 1.807) is 0 Å². The Labute approximate surface area is 413 Å². The van der Waals surface area contributed by atoms with E-state index < -0.39 is 6.10 Å². The number of carbonyl (C=O) groups is 2. The monoisotopic (exact) mass is 929 g/mol. The second-order valence-corrected chi connectivity index (χ2v) is 20.3. The van der Waals surface area contributed by atoms with E-state index in [0.29, 0.717) is 19.4 Å². The largest absolute Gasteiger partial charge is 0.462 e. The Morgan fingerprint density at radius 1 is 0.318 bits per heavy atom. The summed E-state index contributed by atoms with van der Waals surface area (Å²) < 4.78 is 17.5. The molecular weight excluding hydrogens is 813 g/mol. The molecule has 0 spiro atoms. The highest BCUT2D eigenvalue weighted by molar-refractivity contribution is 5.70. The molecular formula is C61H116O5. The predicted molar refractivity (Wildman–Crippen MR) is 289 cm³/mol. The van der Waals surface area contributed by atoms with Gasteiger partial charge in [0.25, 0.3) is 0 Å². The Balaban J connectivity index is 4.19. The fourth-order valence-electron chi connectivity index (χ4n) is 8.97. The van der Waals surface area contributed by atoms with E-state index in [9.17, 15) is 9.59 Å². The molecule has 1 atom stereocenters. The number of ether oxygens (including phenoxy) is 3. The lowest BCUT2D eigenvalue weighted by Gasteiger charge is -2.18. The van der Waals surface area contributed by atoms with Crippen molar-refractivity contribution in [1.82, 2.24) is 0 Å². The molecule has 0 aliphatic heterocycles. The zero-order valence-electron chi connectivity index (χ0n) is 45.0. The van der Waals surface area contributed by atoms with Gasteiger partial charge in [0.1, 0.15) is 6.61 Å². The van der Waals surface area contributed by atoms with Crippen molar-refractivity contribution in [3.8, 4) is 0 Å². The van der Waals surface area contributed by atoms with Crippen LogP contribution in [0.2, 0.25) is 0 Å². The third kappa shape index (κ3) is 55.0. The average molecular weight is 930 g/mol. The van der Waals surface area contributed by atoms with Crippen LogP contribution in [0.4, 0.5) is 0 Å². The number of hydrogen-bond donors (Lipinski definition) is 0. The summed E-state index contributed by atoms with van der Waals surface area (Å²) in [6.45, 7) is 7.87. The zero-order chi connectivity index (χ0) is 47.7. The predicted octanol–water partition coefficient (Wildman–Crippen LogP) is 20.4. The van der Waals surface area contributed by atoms with E-state index in [4.69, 9.17) is 14.2 Å². The maximum Gasteiger partial charge on any atom is 0.306 e. The second kappa shape index (κ2) is 57.7. The van der Waals surface area contributed by atoms with Gasteiger partial charge in [-0.05, 0) is 70.6 Å². The molecule has 0 N–H and O–H groups in total. The number of allylic oxidation sites excluding steroid dienone is 4. The van der Waals surface area contributed by atoms with Crippen molar-refractivity contribution in [2.24, 2.45) is 0 Å². The van der Waals surface area contributed by atoms with Crippen molar-refractivity contribution in [2.75, 3.05) is 19.8 Å². The highest BCUT2D eigenvalue weighted by Gasteiger charge is 2.17. The molecule has 0 amide bonds. The van der Waals surface area contributed by atoms with Gasteiger partial charge in [0.2, 0.25) is 0 Å². The Bertz CT molecular complexity index is 1010. The molecule has 0 saturated heterocycles. The minimum absolute atomic E-state index is 0.0880.